The Labute approximate surface area is 253 Å². The third kappa shape index (κ3) is 33.5. The van der Waals surface area contributed by atoms with Crippen molar-refractivity contribution in [1.29, 1.82) is 0 Å². The Hall–Kier alpha value is -0.730. The first-order valence-electron chi connectivity index (χ1n) is 16.0. The van der Waals surface area contributed by atoms with E-state index in [0.717, 1.165) is 23.9 Å². The summed E-state index contributed by atoms with van der Waals surface area (Å²) in [7, 11) is 6.37. The summed E-state index contributed by atoms with van der Waals surface area (Å²) in [5.41, 5.74) is 0. The third-order valence-corrected chi connectivity index (χ3v) is 6.72. The second-order valence-corrected chi connectivity index (χ2v) is 12.1. The first-order chi connectivity index (χ1) is 18.7. The van der Waals surface area contributed by atoms with E-state index in [4.69, 9.17) is 18.9 Å². The quantitative estimate of drug-likeness (QED) is 0.0544. The summed E-state index contributed by atoms with van der Waals surface area (Å²) >= 11 is 0. The standard InChI is InChI=1S/C32H64NO6.ClH/c1-6-7-8-9-10-11-12-13-14-15-16-17-18-19-20-21-23-37-28-31(39-32(35)27-30(2)34)29-38-26-25-36-24-22-33(3,4)5;/h31H,6-29H2,1-5H3;1H/q+1;/p-1. The van der Waals surface area contributed by atoms with Crippen LogP contribution in [0, 0.1) is 0 Å². The van der Waals surface area contributed by atoms with Gasteiger partial charge in [-0.1, -0.05) is 103 Å². The molecule has 0 aromatic heterocycles. The van der Waals surface area contributed by atoms with Crippen LogP contribution in [0.15, 0.2) is 0 Å². The minimum atomic E-state index is -0.527. The van der Waals surface area contributed by atoms with Gasteiger partial charge < -0.3 is 35.8 Å². The van der Waals surface area contributed by atoms with Gasteiger partial charge in [0.25, 0.3) is 0 Å². The molecule has 0 saturated heterocycles. The van der Waals surface area contributed by atoms with Crippen molar-refractivity contribution in [3.05, 3.63) is 0 Å². The van der Waals surface area contributed by atoms with E-state index in [9.17, 15) is 9.59 Å². The monoisotopic (exact) mass is 593 g/mol. The van der Waals surface area contributed by atoms with Gasteiger partial charge in [0.05, 0.1) is 54.2 Å². The fourth-order valence-corrected chi connectivity index (χ4v) is 4.29. The van der Waals surface area contributed by atoms with Crippen molar-refractivity contribution in [2.45, 2.75) is 129 Å². The van der Waals surface area contributed by atoms with Gasteiger partial charge in [-0.2, -0.15) is 0 Å². The lowest BCUT2D eigenvalue weighted by atomic mass is 10.0. The molecule has 0 aliphatic carbocycles. The van der Waals surface area contributed by atoms with Crippen molar-refractivity contribution < 1.29 is 45.4 Å². The summed E-state index contributed by atoms with van der Waals surface area (Å²) in [5.74, 6) is -0.735. The van der Waals surface area contributed by atoms with Crippen LogP contribution in [0.5, 0.6) is 0 Å². The molecule has 7 nitrogen and oxygen atoms in total. The number of quaternary nitrogens is 1. The number of hydrogen-bond donors (Lipinski definition) is 0. The molecule has 0 aliphatic heterocycles. The average Bonchev–Trinajstić information content (AvgIpc) is 2.86. The molecule has 0 bridgehead atoms. The Kier molecular flexibility index (Phi) is 30.8. The summed E-state index contributed by atoms with van der Waals surface area (Å²) in [6.45, 7) is 7.35. The van der Waals surface area contributed by atoms with Gasteiger partial charge in [-0.15, -0.1) is 0 Å². The number of carbonyl (C=O) groups excluding carboxylic acids is 2. The summed E-state index contributed by atoms with van der Waals surface area (Å²) in [5, 5.41) is 0. The lowest BCUT2D eigenvalue weighted by molar-refractivity contribution is -0.870. The van der Waals surface area contributed by atoms with E-state index in [-0.39, 0.29) is 37.8 Å². The minimum Gasteiger partial charge on any atom is -1.00 e. The Morgan fingerprint density at radius 3 is 1.48 bits per heavy atom. The number of esters is 1. The van der Waals surface area contributed by atoms with Crippen molar-refractivity contribution in [3.63, 3.8) is 0 Å². The lowest BCUT2D eigenvalue weighted by Crippen LogP contribution is -3.00. The van der Waals surface area contributed by atoms with Crippen LogP contribution in [0.4, 0.5) is 0 Å². The van der Waals surface area contributed by atoms with E-state index in [1.807, 2.05) is 0 Å². The molecule has 0 rings (SSSR count). The Bertz CT molecular complexity index is 570. The number of rotatable bonds is 30. The van der Waals surface area contributed by atoms with E-state index in [2.05, 4.69) is 28.1 Å². The van der Waals surface area contributed by atoms with Gasteiger partial charge in [0.2, 0.25) is 0 Å². The van der Waals surface area contributed by atoms with Gasteiger partial charge in [0, 0.05) is 6.61 Å². The number of nitrogens with zero attached hydrogens (tertiary/aromatic N) is 1. The molecular formula is C32H64ClNO6. The van der Waals surface area contributed by atoms with Gasteiger partial charge in [0.15, 0.2) is 0 Å². The second kappa shape index (κ2) is 29.8. The normalized spacial score (nSPS) is 12.2. The van der Waals surface area contributed by atoms with Crippen molar-refractivity contribution >= 4 is 11.8 Å². The van der Waals surface area contributed by atoms with Crippen molar-refractivity contribution in [2.75, 3.05) is 67.3 Å². The first-order valence-corrected chi connectivity index (χ1v) is 16.0. The van der Waals surface area contributed by atoms with E-state index in [1.54, 1.807) is 0 Å². The van der Waals surface area contributed by atoms with Gasteiger partial charge in [0.1, 0.15) is 24.9 Å². The molecule has 40 heavy (non-hydrogen) atoms. The fraction of sp³-hybridized carbons (Fsp3) is 0.938. The van der Waals surface area contributed by atoms with Crippen molar-refractivity contribution in [1.82, 2.24) is 0 Å². The number of halogens is 1. The molecule has 0 saturated carbocycles. The highest BCUT2D eigenvalue weighted by molar-refractivity contribution is 5.94. The molecule has 0 radical (unpaired) electrons. The van der Waals surface area contributed by atoms with Crippen LogP contribution in [0.25, 0.3) is 0 Å². The number of Topliss-reactive ketones (excluding diaryl/α,β-unsaturated/α-hetero) is 1. The lowest BCUT2D eigenvalue weighted by Gasteiger charge is -2.23. The molecule has 1 unspecified atom stereocenters. The molecule has 8 heteroatoms. The van der Waals surface area contributed by atoms with Crippen LogP contribution in [0.3, 0.4) is 0 Å². The van der Waals surface area contributed by atoms with Crippen LogP contribution in [0.1, 0.15) is 123 Å². The van der Waals surface area contributed by atoms with Gasteiger partial charge >= 0.3 is 5.97 Å². The number of ketones is 1. The maximum absolute atomic E-state index is 11.9. The van der Waals surface area contributed by atoms with Crippen LogP contribution in [0.2, 0.25) is 0 Å². The molecule has 0 fully saturated rings. The molecule has 0 heterocycles. The zero-order valence-corrected chi connectivity index (χ0v) is 27.6. The Morgan fingerprint density at radius 2 is 1.02 bits per heavy atom. The predicted octanol–water partition coefficient (Wildman–Crippen LogP) is 3.90. The average molecular weight is 594 g/mol. The van der Waals surface area contributed by atoms with Crippen LogP contribution >= 0.6 is 0 Å². The maximum atomic E-state index is 11.9. The Balaban J connectivity index is 0. The van der Waals surface area contributed by atoms with Crippen LogP contribution in [-0.4, -0.2) is 89.7 Å². The second-order valence-electron chi connectivity index (χ2n) is 12.1. The summed E-state index contributed by atoms with van der Waals surface area (Å²) in [4.78, 5) is 23.2. The molecule has 240 valence electrons. The highest BCUT2D eigenvalue weighted by Gasteiger charge is 2.17. The molecule has 0 aromatic rings. The number of unbranched alkanes of at least 4 members (excludes halogenated alkanes) is 15. The summed E-state index contributed by atoms with van der Waals surface area (Å²) in [6, 6.07) is 0. The largest absolute Gasteiger partial charge is 1.00 e. The molecule has 0 amide bonds. The van der Waals surface area contributed by atoms with Crippen molar-refractivity contribution in [3.8, 4) is 0 Å². The van der Waals surface area contributed by atoms with E-state index in [1.165, 1.54) is 96.8 Å². The van der Waals surface area contributed by atoms with E-state index in [0.29, 0.717) is 26.4 Å². The fourth-order valence-electron chi connectivity index (χ4n) is 4.29. The zero-order valence-electron chi connectivity index (χ0n) is 26.8. The van der Waals surface area contributed by atoms with Gasteiger partial charge in [-0.25, -0.2) is 0 Å². The number of carbonyl (C=O) groups is 2. The third-order valence-electron chi connectivity index (χ3n) is 6.72. The number of hydrogen-bond acceptors (Lipinski definition) is 6. The number of likely N-dealkylation sites (N-methyl/N-ethyl adjacent to an activating group) is 1. The Morgan fingerprint density at radius 1 is 0.600 bits per heavy atom. The molecule has 0 aliphatic rings. The van der Waals surface area contributed by atoms with E-state index < -0.39 is 12.1 Å². The van der Waals surface area contributed by atoms with Crippen LogP contribution < -0.4 is 12.4 Å². The molecular weight excluding hydrogens is 530 g/mol. The van der Waals surface area contributed by atoms with E-state index >= 15 is 0 Å². The van der Waals surface area contributed by atoms with Crippen LogP contribution in [-0.2, 0) is 28.5 Å². The first kappa shape index (κ1) is 41.4. The molecule has 0 spiro atoms. The smallest absolute Gasteiger partial charge is 0.313 e. The summed E-state index contributed by atoms with van der Waals surface area (Å²) < 4.78 is 23.3. The predicted molar refractivity (Wildman–Crippen MR) is 160 cm³/mol. The van der Waals surface area contributed by atoms with Gasteiger partial charge in [-0.05, 0) is 13.3 Å². The zero-order chi connectivity index (χ0) is 29.0. The maximum Gasteiger partial charge on any atom is 0.313 e. The molecule has 0 N–H and O–H groups in total. The molecule has 0 aromatic carbocycles. The minimum absolute atomic E-state index is 0. The molecule has 1 atom stereocenters. The van der Waals surface area contributed by atoms with Crippen molar-refractivity contribution in [2.24, 2.45) is 0 Å². The summed E-state index contributed by atoms with van der Waals surface area (Å²) in [6.07, 6.45) is 20.7. The highest BCUT2D eigenvalue weighted by atomic mass is 35.5. The highest BCUT2D eigenvalue weighted by Crippen LogP contribution is 2.13. The number of ether oxygens (including phenoxy) is 4. The van der Waals surface area contributed by atoms with Gasteiger partial charge in [-0.3, -0.25) is 9.59 Å². The SMILES string of the molecule is CCCCCCCCCCCCCCCCCCOCC(COCCOCC[N+](C)(C)C)OC(=O)CC(C)=O.[Cl-]. The topological polar surface area (TPSA) is 71.1 Å².